The first-order valence-electron chi connectivity index (χ1n) is 5.03. The van der Waals surface area contributed by atoms with Crippen molar-refractivity contribution in [2.24, 2.45) is 0 Å². The summed E-state index contributed by atoms with van der Waals surface area (Å²) >= 11 is 0. The second-order valence-corrected chi connectivity index (χ2v) is 3.39. The summed E-state index contributed by atoms with van der Waals surface area (Å²) in [6, 6.07) is 5.31. The first-order valence-corrected chi connectivity index (χ1v) is 5.03. The quantitative estimate of drug-likeness (QED) is 0.650. The Morgan fingerprint density at radius 2 is 1.84 bits per heavy atom. The predicted octanol–water partition coefficient (Wildman–Crippen LogP) is -0.134. The molecule has 0 spiro atoms. The summed E-state index contributed by atoms with van der Waals surface area (Å²) in [6.45, 7) is 0. The van der Waals surface area contributed by atoms with Gasteiger partial charge in [0.25, 0.3) is 11.8 Å². The summed E-state index contributed by atoms with van der Waals surface area (Å²) in [5.74, 6) is -2.58. The van der Waals surface area contributed by atoms with E-state index >= 15 is 0 Å². The topological polar surface area (TPSA) is 123 Å². The molecule has 2 rings (SSSR count). The lowest BCUT2D eigenvalue weighted by Gasteiger charge is -2.06. The largest absolute Gasteiger partial charge is 0.379 e. The third-order valence-electron chi connectivity index (χ3n) is 2.14. The molecule has 0 atom stereocenters. The highest BCUT2D eigenvalue weighted by Crippen LogP contribution is 2.06. The van der Waals surface area contributed by atoms with Crippen LogP contribution in [0.2, 0.25) is 0 Å². The van der Waals surface area contributed by atoms with Crippen molar-refractivity contribution in [3.8, 4) is 0 Å². The highest BCUT2D eigenvalue weighted by atomic mass is 19.1. The number of halogens is 1. The molecule has 0 aliphatic rings. The van der Waals surface area contributed by atoms with Crippen LogP contribution < -0.4 is 16.6 Å². The van der Waals surface area contributed by atoms with Gasteiger partial charge in [-0.05, 0) is 22.4 Å². The fraction of sp³-hybridized carbons (Fsp3) is 0. The van der Waals surface area contributed by atoms with Gasteiger partial charge in [-0.25, -0.2) is 9.02 Å². The van der Waals surface area contributed by atoms with Crippen LogP contribution in [-0.4, -0.2) is 22.1 Å². The number of carbonyl (C=O) groups excluding carboxylic acids is 2. The van der Waals surface area contributed by atoms with Crippen molar-refractivity contribution in [1.82, 2.24) is 21.2 Å². The molecule has 1 heterocycles. The van der Waals surface area contributed by atoms with Gasteiger partial charge in [0.05, 0.1) is 5.56 Å². The van der Waals surface area contributed by atoms with Crippen molar-refractivity contribution in [1.29, 1.82) is 0 Å². The number of nitrogens with two attached hydrogens (primary N) is 1. The Labute approximate surface area is 105 Å². The Bertz CT molecular complexity index is 627. The number of nitrogens with one attached hydrogen (secondary N) is 2. The minimum Gasteiger partial charge on any atom is -0.379 e. The van der Waals surface area contributed by atoms with Gasteiger partial charge in [-0.1, -0.05) is 12.1 Å². The van der Waals surface area contributed by atoms with Gasteiger partial charge in [0.1, 0.15) is 5.82 Å². The van der Waals surface area contributed by atoms with Crippen LogP contribution in [0.15, 0.2) is 28.9 Å². The summed E-state index contributed by atoms with van der Waals surface area (Å²) in [5, 5.41) is 6.43. The van der Waals surface area contributed by atoms with Crippen LogP contribution in [0.4, 0.5) is 10.2 Å². The molecular formula is C10H8FN5O3. The molecule has 0 saturated heterocycles. The lowest BCUT2D eigenvalue weighted by molar-refractivity contribution is 0.0839. The van der Waals surface area contributed by atoms with Gasteiger partial charge < -0.3 is 5.73 Å². The van der Waals surface area contributed by atoms with Crippen molar-refractivity contribution >= 4 is 17.6 Å². The number of hydrogen-bond acceptors (Lipinski definition) is 6. The molecule has 2 amide bonds. The third-order valence-corrected chi connectivity index (χ3v) is 2.14. The Kier molecular flexibility index (Phi) is 3.37. The number of amides is 2. The number of carbonyl (C=O) groups is 2. The Balaban J connectivity index is 2.00. The van der Waals surface area contributed by atoms with E-state index in [4.69, 9.17) is 5.73 Å². The number of rotatable bonds is 2. The van der Waals surface area contributed by atoms with Crippen LogP contribution in [0.3, 0.4) is 0 Å². The van der Waals surface area contributed by atoms with Crippen LogP contribution >= 0.6 is 0 Å². The van der Waals surface area contributed by atoms with Crippen molar-refractivity contribution in [2.45, 2.75) is 0 Å². The van der Waals surface area contributed by atoms with E-state index in [-0.39, 0.29) is 17.1 Å². The minimum absolute atomic E-state index is 0.214. The number of nitrogen functional groups attached to an aromatic ring is 1. The lowest BCUT2D eigenvalue weighted by atomic mass is 10.2. The van der Waals surface area contributed by atoms with Gasteiger partial charge in [-0.15, -0.1) is 0 Å². The second kappa shape index (κ2) is 5.12. The molecule has 0 saturated carbocycles. The highest BCUT2D eigenvalue weighted by molar-refractivity contribution is 5.99. The Morgan fingerprint density at radius 1 is 1.16 bits per heavy atom. The van der Waals surface area contributed by atoms with E-state index in [9.17, 15) is 14.0 Å². The molecule has 0 unspecified atom stereocenters. The smallest absolute Gasteiger partial charge is 0.295 e. The zero-order chi connectivity index (χ0) is 13.8. The molecule has 0 aliphatic heterocycles. The summed E-state index contributed by atoms with van der Waals surface area (Å²) in [4.78, 5) is 23.1. The number of nitrogens with zero attached hydrogens (tertiary/aromatic N) is 2. The van der Waals surface area contributed by atoms with Crippen LogP contribution in [-0.2, 0) is 0 Å². The maximum absolute atomic E-state index is 13.3. The third kappa shape index (κ3) is 2.65. The van der Waals surface area contributed by atoms with E-state index in [1.165, 1.54) is 18.2 Å². The average Bonchev–Trinajstić information content (AvgIpc) is 2.82. The van der Waals surface area contributed by atoms with Gasteiger partial charge in [0.15, 0.2) is 0 Å². The van der Waals surface area contributed by atoms with Crippen LogP contribution in [0.5, 0.6) is 0 Å². The monoisotopic (exact) mass is 265 g/mol. The van der Waals surface area contributed by atoms with Gasteiger partial charge in [-0.2, -0.15) is 0 Å². The molecule has 0 aliphatic carbocycles. The maximum atomic E-state index is 13.3. The van der Waals surface area contributed by atoms with Gasteiger partial charge >= 0.3 is 0 Å². The molecular weight excluding hydrogens is 257 g/mol. The van der Waals surface area contributed by atoms with E-state index in [1.54, 1.807) is 0 Å². The standard InChI is InChI=1S/C10H8FN5O3/c11-6-4-2-1-3-5(6)9(17)13-14-10(18)7-8(12)16-19-15-7/h1-4H,(H2,12,16)(H,13,17)(H,14,18). The normalized spacial score (nSPS) is 9.95. The molecule has 8 nitrogen and oxygen atoms in total. The molecule has 1 aromatic carbocycles. The summed E-state index contributed by atoms with van der Waals surface area (Å²) in [5.41, 5.74) is 8.80. The number of anilines is 1. The first-order chi connectivity index (χ1) is 9.09. The molecule has 0 bridgehead atoms. The zero-order valence-corrected chi connectivity index (χ0v) is 9.38. The number of hydrogen-bond donors (Lipinski definition) is 3. The molecule has 9 heteroatoms. The van der Waals surface area contributed by atoms with Crippen molar-refractivity contribution < 1.29 is 18.6 Å². The first kappa shape index (κ1) is 12.5. The molecule has 0 radical (unpaired) electrons. The fourth-order valence-corrected chi connectivity index (χ4v) is 1.24. The van der Waals surface area contributed by atoms with Crippen molar-refractivity contribution in [3.63, 3.8) is 0 Å². The molecule has 19 heavy (non-hydrogen) atoms. The average molecular weight is 265 g/mol. The van der Waals surface area contributed by atoms with Crippen LogP contribution in [0.1, 0.15) is 20.8 Å². The fourth-order valence-electron chi connectivity index (χ4n) is 1.24. The maximum Gasteiger partial charge on any atom is 0.295 e. The summed E-state index contributed by atoms with van der Waals surface area (Å²) < 4.78 is 17.5. The number of benzene rings is 1. The van der Waals surface area contributed by atoms with E-state index < -0.39 is 17.6 Å². The highest BCUT2D eigenvalue weighted by Gasteiger charge is 2.17. The Morgan fingerprint density at radius 3 is 2.47 bits per heavy atom. The van der Waals surface area contributed by atoms with Crippen molar-refractivity contribution in [2.75, 3.05) is 5.73 Å². The van der Waals surface area contributed by atoms with Crippen LogP contribution in [0.25, 0.3) is 0 Å². The molecule has 1 aromatic heterocycles. The van der Waals surface area contributed by atoms with E-state index in [0.717, 1.165) is 6.07 Å². The molecule has 2 aromatic rings. The predicted molar refractivity (Wildman–Crippen MR) is 60.0 cm³/mol. The Hall–Kier alpha value is -2.97. The summed E-state index contributed by atoms with van der Waals surface area (Å²) in [7, 11) is 0. The zero-order valence-electron chi connectivity index (χ0n) is 9.38. The minimum atomic E-state index is -0.830. The van der Waals surface area contributed by atoms with E-state index in [0.29, 0.717) is 0 Å². The SMILES string of the molecule is Nc1nonc1C(=O)NNC(=O)c1ccccc1F. The van der Waals surface area contributed by atoms with Gasteiger partial charge in [0, 0.05) is 0 Å². The summed E-state index contributed by atoms with van der Waals surface area (Å²) in [6.07, 6.45) is 0. The number of aromatic nitrogens is 2. The molecule has 98 valence electrons. The van der Waals surface area contributed by atoms with Crippen LogP contribution in [0, 0.1) is 5.82 Å². The van der Waals surface area contributed by atoms with E-state index in [2.05, 4.69) is 14.9 Å². The second-order valence-electron chi connectivity index (χ2n) is 3.39. The number of hydrazine groups is 1. The molecule has 0 fully saturated rings. The van der Waals surface area contributed by atoms with E-state index in [1.807, 2.05) is 10.9 Å². The van der Waals surface area contributed by atoms with Crippen molar-refractivity contribution in [3.05, 3.63) is 41.3 Å². The van der Waals surface area contributed by atoms with Gasteiger partial charge in [-0.3, -0.25) is 20.4 Å². The lowest BCUT2D eigenvalue weighted by Crippen LogP contribution is -2.42. The van der Waals surface area contributed by atoms with Gasteiger partial charge in [0.2, 0.25) is 11.5 Å². The molecule has 4 N–H and O–H groups in total.